The Bertz CT molecular complexity index is 676. The minimum absolute atomic E-state index is 0. The van der Waals surface area contributed by atoms with E-state index in [-0.39, 0.29) is 24.0 Å². The van der Waals surface area contributed by atoms with Crippen molar-refractivity contribution in [1.29, 1.82) is 0 Å². The maximum Gasteiger partial charge on any atom is 0.191 e. The van der Waals surface area contributed by atoms with Gasteiger partial charge in [0.15, 0.2) is 11.8 Å². The molecule has 0 unspecified atom stereocenters. The number of aromatic nitrogens is 3. The van der Waals surface area contributed by atoms with Crippen LogP contribution < -0.4 is 10.6 Å². The van der Waals surface area contributed by atoms with Gasteiger partial charge in [-0.3, -0.25) is 0 Å². The number of aliphatic imine (C=N–C) groups is 1. The average Bonchev–Trinajstić information content (AvgIpc) is 3.25. The predicted molar refractivity (Wildman–Crippen MR) is 113 cm³/mol. The largest absolute Gasteiger partial charge is 0.469 e. The highest BCUT2D eigenvalue weighted by atomic mass is 127. The van der Waals surface area contributed by atoms with Crippen LogP contribution >= 0.6 is 24.0 Å². The van der Waals surface area contributed by atoms with Gasteiger partial charge in [0.05, 0.1) is 6.26 Å². The van der Waals surface area contributed by atoms with E-state index >= 15 is 0 Å². The van der Waals surface area contributed by atoms with Crippen LogP contribution in [0.2, 0.25) is 0 Å². The summed E-state index contributed by atoms with van der Waals surface area (Å²) in [6.07, 6.45) is 8.89. The molecule has 2 N–H and O–H groups in total. The highest BCUT2D eigenvalue weighted by Crippen LogP contribution is 2.17. The van der Waals surface area contributed by atoms with Crippen molar-refractivity contribution in [2.45, 2.75) is 58.0 Å². The third kappa shape index (κ3) is 6.00. The van der Waals surface area contributed by atoms with Gasteiger partial charge >= 0.3 is 0 Å². The Morgan fingerprint density at radius 3 is 2.77 bits per heavy atom. The number of hydrogen-bond donors (Lipinski definition) is 2. The van der Waals surface area contributed by atoms with Gasteiger partial charge in [-0.25, -0.2) is 4.99 Å². The average molecular weight is 472 g/mol. The highest BCUT2D eigenvalue weighted by molar-refractivity contribution is 14.0. The van der Waals surface area contributed by atoms with E-state index in [0.29, 0.717) is 12.6 Å². The van der Waals surface area contributed by atoms with Crippen molar-refractivity contribution in [1.82, 2.24) is 25.4 Å². The quantitative estimate of drug-likeness (QED) is 0.384. The van der Waals surface area contributed by atoms with Crippen LogP contribution in [0.4, 0.5) is 0 Å². The van der Waals surface area contributed by atoms with E-state index in [9.17, 15) is 0 Å². The molecule has 0 amide bonds. The number of rotatable bonds is 6. The molecule has 1 aliphatic carbocycles. The topological polar surface area (TPSA) is 80.3 Å². The van der Waals surface area contributed by atoms with Gasteiger partial charge in [-0.05, 0) is 31.9 Å². The number of guanidine groups is 1. The molecule has 2 aromatic rings. The van der Waals surface area contributed by atoms with Crippen LogP contribution in [-0.2, 0) is 20.0 Å². The number of nitrogens with zero attached hydrogens (tertiary/aromatic N) is 4. The fraction of sp³-hybridized carbons (Fsp3) is 0.611. The van der Waals surface area contributed by atoms with Gasteiger partial charge in [0, 0.05) is 26.1 Å². The summed E-state index contributed by atoms with van der Waals surface area (Å²) < 4.78 is 7.37. The first-order valence-electron chi connectivity index (χ1n) is 9.14. The molecule has 0 saturated heterocycles. The minimum atomic E-state index is 0. The van der Waals surface area contributed by atoms with E-state index in [4.69, 9.17) is 9.41 Å². The third-order valence-electron chi connectivity index (χ3n) is 4.75. The summed E-state index contributed by atoms with van der Waals surface area (Å²) in [6, 6.07) is 4.42. The van der Waals surface area contributed by atoms with Gasteiger partial charge in [0.2, 0.25) is 0 Å². The zero-order valence-corrected chi connectivity index (χ0v) is 17.9. The van der Waals surface area contributed by atoms with Gasteiger partial charge in [0.25, 0.3) is 0 Å². The molecule has 3 rings (SSSR count). The Morgan fingerprint density at radius 1 is 1.31 bits per heavy atom. The Morgan fingerprint density at radius 2 is 2.12 bits per heavy atom. The van der Waals surface area contributed by atoms with Crippen LogP contribution in [0.5, 0.6) is 0 Å². The van der Waals surface area contributed by atoms with Gasteiger partial charge in [-0.2, -0.15) is 0 Å². The monoisotopic (exact) mass is 472 g/mol. The molecule has 0 atom stereocenters. The molecule has 1 aliphatic rings. The second-order valence-electron chi connectivity index (χ2n) is 6.62. The van der Waals surface area contributed by atoms with Crippen molar-refractivity contribution in [3.05, 3.63) is 35.8 Å². The summed E-state index contributed by atoms with van der Waals surface area (Å²) in [5.41, 5.74) is 0. The normalized spacial score (nSPS) is 15.5. The lowest BCUT2D eigenvalue weighted by atomic mass is 9.96. The van der Waals surface area contributed by atoms with E-state index in [1.165, 1.54) is 32.1 Å². The highest BCUT2D eigenvalue weighted by Gasteiger charge is 2.15. The summed E-state index contributed by atoms with van der Waals surface area (Å²) in [5, 5.41) is 15.3. The molecule has 144 valence electrons. The zero-order chi connectivity index (χ0) is 17.5. The zero-order valence-electron chi connectivity index (χ0n) is 15.6. The fourth-order valence-electron chi connectivity index (χ4n) is 3.09. The Hall–Kier alpha value is -1.58. The van der Waals surface area contributed by atoms with E-state index in [1.807, 2.05) is 30.7 Å². The lowest BCUT2D eigenvalue weighted by molar-refractivity contribution is 0.409. The molecular weight excluding hydrogens is 443 g/mol. The van der Waals surface area contributed by atoms with Crippen molar-refractivity contribution in [3.63, 3.8) is 0 Å². The number of furan rings is 1. The van der Waals surface area contributed by atoms with Gasteiger partial charge in [0.1, 0.15) is 18.1 Å². The molecule has 1 saturated carbocycles. The van der Waals surface area contributed by atoms with Crippen molar-refractivity contribution >= 4 is 29.9 Å². The number of nitrogens with one attached hydrogen (secondary N) is 2. The molecule has 0 aromatic carbocycles. The number of aryl methyl sites for hydroxylation is 1. The van der Waals surface area contributed by atoms with Gasteiger partial charge < -0.3 is 19.6 Å². The predicted octanol–water partition coefficient (Wildman–Crippen LogP) is 2.95. The molecule has 1 fully saturated rings. The van der Waals surface area contributed by atoms with Crippen molar-refractivity contribution < 1.29 is 4.42 Å². The molecule has 2 heterocycles. The van der Waals surface area contributed by atoms with Crippen molar-refractivity contribution in [2.75, 3.05) is 6.54 Å². The molecule has 7 nitrogen and oxygen atoms in total. The lowest BCUT2D eigenvalue weighted by Gasteiger charge is -2.25. The molecule has 2 aromatic heterocycles. The second-order valence-corrected chi connectivity index (χ2v) is 6.62. The molecule has 26 heavy (non-hydrogen) atoms. The van der Waals surface area contributed by atoms with Crippen LogP contribution in [0.15, 0.2) is 27.8 Å². The van der Waals surface area contributed by atoms with Gasteiger partial charge in [-0.1, -0.05) is 19.3 Å². The van der Waals surface area contributed by atoms with Crippen LogP contribution in [0.25, 0.3) is 0 Å². The lowest BCUT2D eigenvalue weighted by Crippen LogP contribution is -2.44. The van der Waals surface area contributed by atoms with Crippen LogP contribution in [0.3, 0.4) is 0 Å². The maximum atomic E-state index is 5.39. The summed E-state index contributed by atoms with van der Waals surface area (Å²) >= 11 is 0. The Kier molecular flexibility index (Phi) is 8.40. The van der Waals surface area contributed by atoms with E-state index in [0.717, 1.165) is 36.3 Å². The van der Waals surface area contributed by atoms with Crippen molar-refractivity contribution in [2.24, 2.45) is 12.0 Å². The fourth-order valence-corrected chi connectivity index (χ4v) is 3.09. The number of hydrogen-bond acceptors (Lipinski definition) is 4. The summed E-state index contributed by atoms with van der Waals surface area (Å²) in [5.74, 6) is 3.60. The Labute approximate surface area is 172 Å². The molecule has 8 heteroatoms. The molecule has 0 spiro atoms. The first-order valence-corrected chi connectivity index (χ1v) is 9.14. The molecule has 0 bridgehead atoms. The van der Waals surface area contributed by atoms with Crippen LogP contribution in [0.1, 0.15) is 49.5 Å². The van der Waals surface area contributed by atoms with Crippen molar-refractivity contribution in [3.8, 4) is 0 Å². The van der Waals surface area contributed by atoms with Crippen LogP contribution in [-0.4, -0.2) is 33.3 Å². The smallest absolute Gasteiger partial charge is 0.191 e. The maximum absolute atomic E-state index is 5.39. The first kappa shape index (κ1) is 20.7. The first-order chi connectivity index (χ1) is 12.2. The summed E-state index contributed by atoms with van der Waals surface area (Å²) in [7, 11) is 1.97. The van der Waals surface area contributed by atoms with E-state index in [2.05, 4.69) is 20.8 Å². The standard InChI is InChI=1S/C18H28N6O.HI/c1-14-22-23-17(24(14)2)13-20-18(21-15-7-4-3-5-8-15)19-11-10-16-9-6-12-25-16;/h6,9,12,15H,3-5,7-8,10-11,13H2,1-2H3,(H2,19,20,21);1H. The van der Waals surface area contributed by atoms with Gasteiger partial charge in [-0.15, -0.1) is 34.2 Å². The SMILES string of the molecule is Cc1nnc(CN=C(NCCc2ccco2)NC2CCCCC2)n1C.I. The van der Waals surface area contributed by atoms with E-state index < -0.39 is 0 Å². The minimum Gasteiger partial charge on any atom is -0.469 e. The van der Waals surface area contributed by atoms with E-state index in [1.54, 1.807) is 6.26 Å². The molecular formula is C18H29IN6O. The summed E-state index contributed by atoms with van der Waals surface area (Å²) in [4.78, 5) is 4.72. The summed E-state index contributed by atoms with van der Waals surface area (Å²) in [6.45, 7) is 3.24. The Balaban J connectivity index is 0.00000243. The third-order valence-corrected chi connectivity index (χ3v) is 4.75. The molecule has 0 aliphatic heterocycles. The van der Waals surface area contributed by atoms with Crippen LogP contribution in [0, 0.1) is 6.92 Å². The second kappa shape index (κ2) is 10.5. The molecule has 0 radical (unpaired) electrons. The number of halogens is 1.